The van der Waals surface area contributed by atoms with E-state index < -0.39 is 17.5 Å². The zero-order valence-electron chi connectivity index (χ0n) is 20.5. The van der Waals surface area contributed by atoms with Gasteiger partial charge in [-0.1, -0.05) is 30.7 Å². The molecule has 1 saturated heterocycles. The molecule has 2 aliphatic heterocycles. The molecule has 3 N–H and O–H groups in total. The van der Waals surface area contributed by atoms with Crippen LogP contribution in [0.5, 0.6) is 11.5 Å². The Labute approximate surface area is 211 Å². The number of aliphatic imine (C=N–C) groups is 1. The van der Waals surface area contributed by atoms with Crippen molar-refractivity contribution < 1.29 is 19.7 Å². The topological polar surface area (TPSA) is 94.4 Å². The predicted octanol–water partition coefficient (Wildman–Crippen LogP) is 5.08. The van der Waals surface area contributed by atoms with E-state index in [9.17, 15) is 15.0 Å². The van der Waals surface area contributed by atoms with Crippen molar-refractivity contribution in [2.45, 2.75) is 51.7 Å². The van der Waals surface area contributed by atoms with Crippen molar-refractivity contribution in [2.75, 3.05) is 19.6 Å². The van der Waals surface area contributed by atoms with E-state index in [2.05, 4.69) is 17.1 Å². The van der Waals surface area contributed by atoms with Gasteiger partial charge in [-0.2, -0.15) is 0 Å². The molecule has 2 aromatic rings. The maximum absolute atomic E-state index is 12.3. The van der Waals surface area contributed by atoms with E-state index in [0.29, 0.717) is 54.7 Å². The second-order valence-corrected chi connectivity index (χ2v) is 10.7. The number of rotatable bonds is 7. The van der Waals surface area contributed by atoms with Crippen molar-refractivity contribution in [1.29, 1.82) is 0 Å². The number of aliphatic carboxylic acids is 1. The van der Waals surface area contributed by atoms with Crippen LogP contribution in [0.25, 0.3) is 0 Å². The van der Waals surface area contributed by atoms with Gasteiger partial charge in [-0.25, -0.2) is 4.99 Å². The molecule has 2 aliphatic rings. The van der Waals surface area contributed by atoms with Crippen LogP contribution in [0, 0.1) is 11.8 Å². The summed E-state index contributed by atoms with van der Waals surface area (Å²) in [4.78, 5) is 19.4. The number of halogens is 1. The Morgan fingerprint density at radius 2 is 2.03 bits per heavy atom. The molecule has 4 rings (SSSR count). The first kappa shape index (κ1) is 25.5. The van der Waals surface area contributed by atoms with E-state index in [4.69, 9.17) is 21.3 Å². The second-order valence-electron chi connectivity index (χ2n) is 10.3. The van der Waals surface area contributed by atoms with Crippen LogP contribution in [0.3, 0.4) is 0 Å². The van der Waals surface area contributed by atoms with Gasteiger partial charge < -0.3 is 25.2 Å². The quantitative estimate of drug-likeness (QED) is 0.492. The highest BCUT2D eigenvalue weighted by Gasteiger charge is 2.34. The number of nitrogens with zero attached hydrogens (tertiary/aromatic N) is 2. The Balaban J connectivity index is 1.57. The molecule has 7 nitrogen and oxygen atoms in total. The molecule has 2 heterocycles. The number of nitrogens with one attached hydrogen (secondary N) is 1. The van der Waals surface area contributed by atoms with E-state index in [-0.39, 0.29) is 12.0 Å². The Bertz CT molecular complexity index is 1100. The first-order valence-corrected chi connectivity index (χ1v) is 12.6. The van der Waals surface area contributed by atoms with Crippen molar-refractivity contribution in [3.8, 4) is 11.5 Å². The minimum absolute atomic E-state index is 0.228. The molecule has 1 fully saturated rings. The Kier molecular flexibility index (Phi) is 7.69. The average molecular weight is 500 g/mol. The van der Waals surface area contributed by atoms with Gasteiger partial charge in [-0.3, -0.25) is 4.79 Å². The first-order chi connectivity index (χ1) is 16.6. The summed E-state index contributed by atoms with van der Waals surface area (Å²) in [6.07, 6.45) is 1.92. The van der Waals surface area contributed by atoms with Crippen LogP contribution in [0.4, 0.5) is 5.69 Å². The van der Waals surface area contributed by atoms with Gasteiger partial charge in [0.2, 0.25) is 0 Å². The molecule has 35 heavy (non-hydrogen) atoms. The number of para-hydroxylation sites is 1. The molecule has 0 radical (unpaired) electrons. The monoisotopic (exact) mass is 499 g/mol. The number of aliphatic hydroxyl groups is 1. The molecule has 2 aromatic carbocycles. The molecule has 0 saturated carbocycles. The maximum Gasteiger partial charge on any atom is 0.308 e. The van der Waals surface area contributed by atoms with Gasteiger partial charge in [0.25, 0.3) is 0 Å². The van der Waals surface area contributed by atoms with Crippen molar-refractivity contribution in [3.63, 3.8) is 0 Å². The average Bonchev–Trinajstić information content (AvgIpc) is 2.94. The number of carboxylic acids is 1. The molecule has 0 aromatic heterocycles. The zero-order chi connectivity index (χ0) is 25.2. The highest BCUT2D eigenvalue weighted by Crippen LogP contribution is 2.39. The van der Waals surface area contributed by atoms with Gasteiger partial charge in [0.1, 0.15) is 17.3 Å². The molecule has 8 heteroatoms. The molecule has 0 spiro atoms. The van der Waals surface area contributed by atoms with Gasteiger partial charge in [0, 0.05) is 30.7 Å². The van der Waals surface area contributed by atoms with Crippen molar-refractivity contribution in [2.24, 2.45) is 16.8 Å². The number of benzene rings is 2. The molecule has 1 unspecified atom stereocenters. The fourth-order valence-corrected chi connectivity index (χ4v) is 5.26. The number of amidine groups is 1. The molecule has 0 aliphatic carbocycles. The van der Waals surface area contributed by atoms with Crippen LogP contribution in [0.15, 0.2) is 47.5 Å². The van der Waals surface area contributed by atoms with Crippen LogP contribution in [0.1, 0.15) is 45.6 Å². The Hall–Kier alpha value is -2.61. The summed E-state index contributed by atoms with van der Waals surface area (Å²) in [5.41, 5.74) is 0.754. The lowest BCUT2D eigenvalue weighted by Crippen LogP contribution is -2.56. The van der Waals surface area contributed by atoms with E-state index in [1.807, 2.05) is 30.3 Å². The number of hydrogen-bond acceptors (Lipinski definition) is 6. The summed E-state index contributed by atoms with van der Waals surface area (Å²) in [5, 5.41) is 24.2. The summed E-state index contributed by atoms with van der Waals surface area (Å²) in [7, 11) is 0. The minimum atomic E-state index is -0.802. The van der Waals surface area contributed by atoms with Crippen LogP contribution >= 0.6 is 11.6 Å². The zero-order valence-corrected chi connectivity index (χ0v) is 21.3. The molecular formula is C27H34ClN3O4. The molecule has 3 atom stereocenters. The molecule has 0 amide bonds. The number of carboxylic acid groups (broad SMARTS) is 1. The summed E-state index contributed by atoms with van der Waals surface area (Å²) < 4.78 is 6.17. The number of piperazine rings is 1. The normalized spacial score (nSPS) is 19.5. The largest absolute Gasteiger partial charge is 0.481 e. The Morgan fingerprint density at radius 3 is 2.77 bits per heavy atom. The summed E-state index contributed by atoms with van der Waals surface area (Å²) >= 11 is 6.25. The number of hydrogen-bond donors (Lipinski definition) is 3. The SMILES string of the molecule is CC(CC[C@@H](C(=O)O)[C@H]1CN(C2=Nc3cc(Cl)ccc3Oc3ccccc32)CCN1)CC(C)(C)O. The van der Waals surface area contributed by atoms with E-state index in [1.54, 1.807) is 26.0 Å². The first-order valence-electron chi connectivity index (χ1n) is 12.2. The number of ether oxygens (including phenoxy) is 1. The molecule has 0 bridgehead atoms. The van der Waals surface area contributed by atoms with Gasteiger partial charge in [0.15, 0.2) is 5.75 Å². The van der Waals surface area contributed by atoms with Crippen LogP contribution in [-0.2, 0) is 4.79 Å². The van der Waals surface area contributed by atoms with Crippen LogP contribution < -0.4 is 10.1 Å². The predicted molar refractivity (Wildman–Crippen MR) is 138 cm³/mol. The minimum Gasteiger partial charge on any atom is -0.481 e. The Morgan fingerprint density at radius 1 is 1.26 bits per heavy atom. The van der Waals surface area contributed by atoms with E-state index >= 15 is 0 Å². The molecule has 188 valence electrons. The highest BCUT2D eigenvalue weighted by molar-refractivity contribution is 6.31. The van der Waals surface area contributed by atoms with Crippen LogP contribution in [-0.4, -0.2) is 58.2 Å². The third kappa shape index (κ3) is 6.34. The summed E-state index contributed by atoms with van der Waals surface area (Å²) in [6, 6.07) is 12.9. The van der Waals surface area contributed by atoms with Crippen LogP contribution in [0.2, 0.25) is 5.02 Å². The second kappa shape index (κ2) is 10.6. The number of carbonyl (C=O) groups is 1. The lowest BCUT2D eigenvalue weighted by Gasteiger charge is -2.38. The van der Waals surface area contributed by atoms with Gasteiger partial charge >= 0.3 is 5.97 Å². The van der Waals surface area contributed by atoms with Gasteiger partial charge in [-0.05, 0) is 69.4 Å². The fraction of sp³-hybridized carbons (Fsp3) is 0.481. The summed E-state index contributed by atoms with van der Waals surface area (Å²) in [6.45, 7) is 7.51. The van der Waals surface area contributed by atoms with E-state index in [1.165, 1.54) is 0 Å². The number of fused-ring (bicyclic) bond motifs is 2. The third-order valence-corrected chi connectivity index (χ3v) is 6.86. The lowest BCUT2D eigenvalue weighted by molar-refractivity contribution is -0.143. The standard InChI is InChI=1S/C27H34ClN3O4/c1-17(15-27(2,3)34)8-10-19(26(32)33)22-16-31(13-12-29-22)25-20-6-4-5-7-23(20)35-24-11-9-18(28)14-21(24)30-25/h4-7,9,11,14,17,19,22,29,34H,8,10,12-13,15-16H2,1-3H3,(H,32,33)/t17?,19-,22-/m1/s1. The molecular weight excluding hydrogens is 466 g/mol. The van der Waals surface area contributed by atoms with Gasteiger partial charge in [-0.15, -0.1) is 0 Å². The fourth-order valence-electron chi connectivity index (χ4n) is 5.09. The maximum atomic E-state index is 12.3. The third-order valence-electron chi connectivity index (χ3n) is 6.62. The van der Waals surface area contributed by atoms with Crippen molar-refractivity contribution in [1.82, 2.24) is 10.2 Å². The van der Waals surface area contributed by atoms with E-state index in [0.717, 1.165) is 17.8 Å². The smallest absolute Gasteiger partial charge is 0.308 e. The lowest BCUT2D eigenvalue weighted by atomic mass is 9.86. The van der Waals surface area contributed by atoms with Crippen molar-refractivity contribution in [3.05, 3.63) is 53.1 Å². The summed E-state index contributed by atoms with van der Waals surface area (Å²) in [5.74, 6) is 0.983. The van der Waals surface area contributed by atoms with Gasteiger partial charge in [0.05, 0.1) is 17.1 Å². The highest BCUT2D eigenvalue weighted by atomic mass is 35.5. The van der Waals surface area contributed by atoms with Crippen molar-refractivity contribution >= 4 is 29.1 Å².